The third-order valence-electron chi connectivity index (χ3n) is 6.03. The van der Waals surface area contributed by atoms with Crippen LogP contribution in [-0.4, -0.2) is 69.1 Å². The highest BCUT2D eigenvalue weighted by atomic mass is 16.5. The molecule has 0 radical (unpaired) electrons. The molecule has 1 aromatic rings. The van der Waals surface area contributed by atoms with Gasteiger partial charge in [0, 0.05) is 52.2 Å². The van der Waals surface area contributed by atoms with Gasteiger partial charge in [0.1, 0.15) is 5.75 Å². The average Bonchev–Trinajstić information content (AvgIpc) is 3.04. The maximum Gasteiger partial charge on any atom is 0.227 e. The number of rotatable bonds is 5. The van der Waals surface area contributed by atoms with Crippen LogP contribution in [0.1, 0.15) is 24.8 Å². The number of methoxy groups -OCH3 is 1. The van der Waals surface area contributed by atoms with E-state index in [1.165, 1.54) is 0 Å². The van der Waals surface area contributed by atoms with Crippen LogP contribution in [0, 0.1) is 11.3 Å². The van der Waals surface area contributed by atoms with Crippen LogP contribution < -0.4 is 4.74 Å². The molecule has 1 spiro atoms. The SMILES string of the molecule is COc1ccccc1CCC(=O)N1CC(C(=O)N(C)C)C2(CCOCC2)C1. The maximum absolute atomic E-state index is 12.9. The Kier molecular flexibility index (Phi) is 6.05. The van der Waals surface area contributed by atoms with Gasteiger partial charge in [-0.1, -0.05) is 18.2 Å². The number of likely N-dealkylation sites (tertiary alicyclic amines) is 1. The normalized spacial score (nSPS) is 21.3. The van der Waals surface area contributed by atoms with Crippen molar-refractivity contribution < 1.29 is 19.1 Å². The Hall–Kier alpha value is -2.08. The summed E-state index contributed by atoms with van der Waals surface area (Å²) in [4.78, 5) is 29.2. The van der Waals surface area contributed by atoms with Gasteiger partial charge in [0.25, 0.3) is 0 Å². The molecule has 0 saturated carbocycles. The summed E-state index contributed by atoms with van der Waals surface area (Å²) in [5.41, 5.74) is 0.897. The minimum atomic E-state index is -0.139. The molecule has 148 valence electrons. The highest BCUT2D eigenvalue weighted by Gasteiger charge is 2.51. The molecular weight excluding hydrogens is 344 g/mol. The molecule has 27 heavy (non-hydrogen) atoms. The number of nitrogens with zero attached hydrogens (tertiary/aromatic N) is 2. The molecule has 2 aliphatic heterocycles. The number of carbonyl (C=O) groups is 2. The first-order chi connectivity index (χ1) is 13.0. The van der Waals surface area contributed by atoms with Gasteiger partial charge in [-0.05, 0) is 30.9 Å². The van der Waals surface area contributed by atoms with Crippen molar-refractivity contribution in [2.75, 3.05) is 47.5 Å². The first kappa shape index (κ1) is 19.7. The molecule has 1 unspecified atom stereocenters. The lowest BCUT2D eigenvalue weighted by molar-refractivity contribution is -0.138. The fourth-order valence-corrected chi connectivity index (χ4v) is 4.40. The highest BCUT2D eigenvalue weighted by Crippen LogP contribution is 2.45. The zero-order valence-corrected chi connectivity index (χ0v) is 16.6. The van der Waals surface area contributed by atoms with Gasteiger partial charge >= 0.3 is 0 Å². The molecule has 0 bridgehead atoms. The first-order valence-electron chi connectivity index (χ1n) is 9.65. The predicted molar refractivity (Wildman–Crippen MR) is 103 cm³/mol. The van der Waals surface area contributed by atoms with Crippen molar-refractivity contribution in [1.29, 1.82) is 0 Å². The Morgan fingerprint density at radius 2 is 1.96 bits per heavy atom. The summed E-state index contributed by atoms with van der Waals surface area (Å²) in [5.74, 6) is 0.914. The maximum atomic E-state index is 12.9. The number of hydrogen-bond acceptors (Lipinski definition) is 4. The number of carbonyl (C=O) groups excluding carboxylic acids is 2. The number of amides is 2. The molecule has 0 aromatic heterocycles. The molecule has 0 aliphatic carbocycles. The predicted octanol–water partition coefficient (Wildman–Crippen LogP) is 1.97. The van der Waals surface area contributed by atoms with Gasteiger partial charge in [-0.25, -0.2) is 0 Å². The minimum absolute atomic E-state index is 0.112. The summed E-state index contributed by atoms with van der Waals surface area (Å²) in [6.45, 7) is 2.51. The van der Waals surface area contributed by atoms with Crippen LogP contribution in [0.25, 0.3) is 0 Å². The van der Waals surface area contributed by atoms with Crippen molar-refractivity contribution in [2.24, 2.45) is 11.3 Å². The van der Waals surface area contributed by atoms with Gasteiger partial charge in [0.15, 0.2) is 0 Å². The summed E-state index contributed by atoms with van der Waals surface area (Å²) in [5, 5.41) is 0. The van der Waals surface area contributed by atoms with Crippen molar-refractivity contribution in [2.45, 2.75) is 25.7 Å². The fraction of sp³-hybridized carbons (Fsp3) is 0.619. The highest BCUT2D eigenvalue weighted by molar-refractivity contribution is 5.83. The molecule has 3 rings (SSSR count). The molecule has 2 fully saturated rings. The van der Waals surface area contributed by atoms with Gasteiger partial charge in [0.2, 0.25) is 11.8 Å². The van der Waals surface area contributed by atoms with E-state index in [-0.39, 0.29) is 23.1 Å². The Balaban J connectivity index is 1.69. The summed E-state index contributed by atoms with van der Waals surface area (Å²) < 4.78 is 10.9. The molecule has 0 N–H and O–H groups in total. The van der Waals surface area contributed by atoms with E-state index in [0.29, 0.717) is 39.1 Å². The van der Waals surface area contributed by atoms with Gasteiger partial charge < -0.3 is 19.3 Å². The number of para-hydroxylation sites is 1. The van der Waals surface area contributed by atoms with Crippen molar-refractivity contribution in [1.82, 2.24) is 9.80 Å². The monoisotopic (exact) mass is 374 g/mol. The number of ether oxygens (including phenoxy) is 2. The van der Waals surface area contributed by atoms with Crippen LogP contribution in [0.4, 0.5) is 0 Å². The van der Waals surface area contributed by atoms with Gasteiger partial charge in [0.05, 0.1) is 13.0 Å². The zero-order chi connectivity index (χ0) is 19.4. The summed E-state index contributed by atoms with van der Waals surface area (Å²) in [7, 11) is 5.23. The van der Waals surface area contributed by atoms with E-state index in [1.807, 2.05) is 29.2 Å². The second-order valence-electron chi connectivity index (χ2n) is 7.85. The second-order valence-corrected chi connectivity index (χ2v) is 7.85. The molecule has 2 amide bonds. The van der Waals surface area contributed by atoms with E-state index in [1.54, 1.807) is 26.1 Å². The van der Waals surface area contributed by atoms with E-state index < -0.39 is 0 Å². The van der Waals surface area contributed by atoms with Gasteiger partial charge in [-0.15, -0.1) is 0 Å². The zero-order valence-electron chi connectivity index (χ0n) is 16.6. The molecule has 1 atom stereocenters. The Morgan fingerprint density at radius 1 is 1.26 bits per heavy atom. The lowest BCUT2D eigenvalue weighted by Gasteiger charge is -2.37. The van der Waals surface area contributed by atoms with Crippen LogP contribution in [0.2, 0.25) is 0 Å². The lowest BCUT2D eigenvalue weighted by atomic mass is 9.71. The molecule has 6 nitrogen and oxygen atoms in total. The van der Waals surface area contributed by atoms with Crippen molar-refractivity contribution in [3.8, 4) is 5.75 Å². The van der Waals surface area contributed by atoms with Crippen LogP contribution in [0.5, 0.6) is 5.75 Å². The minimum Gasteiger partial charge on any atom is -0.496 e. The van der Waals surface area contributed by atoms with Gasteiger partial charge in [-0.2, -0.15) is 0 Å². The topological polar surface area (TPSA) is 59.1 Å². The number of benzene rings is 1. The van der Waals surface area contributed by atoms with E-state index in [4.69, 9.17) is 9.47 Å². The molecule has 1 aromatic carbocycles. The van der Waals surface area contributed by atoms with Crippen LogP contribution in [0.3, 0.4) is 0 Å². The summed E-state index contributed by atoms with van der Waals surface area (Å²) in [6.07, 6.45) is 2.75. The fourth-order valence-electron chi connectivity index (χ4n) is 4.40. The van der Waals surface area contributed by atoms with Crippen molar-refractivity contribution >= 4 is 11.8 Å². The standard InChI is InChI=1S/C21H30N2O4/c1-22(2)20(25)17-14-23(15-21(17)10-12-27-13-11-21)19(24)9-8-16-6-4-5-7-18(16)26-3/h4-7,17H,8-15H2,1-3H3. The number of aryl methyl sites for hydroxylation is 1. The molecule has 2 saturated heterocycles. The molecular formula is C21H30N2O4. The summed E-state index contributed by atoms with van der Waals surface area (Å²) >= 11 is 0. The van der Waals surface area contributed by atoms with E-state index in [0.717, 1.165) is 24.2 Å². The molecule has 2 aliphatic rings. The largest absolute Gasteiger partial charge is 0.496 e. The Bertz CT molecular complexity index is 683. The first-order valence-corrected chi connectivity index (χ1v) is 9.65. The van der Waals surface area contributed by atoms with Gasteiger partial charge in [-0.3, -0.25) is 9.59 Å². The summed E-state index contributed by atoms with van der Waals surface area (Å²) in [6, 6.07) is 7.80. The molecule has 6 heteroatoms. The third-order valence-corrected chi connectivity index (χ3v) is 6.03. The lowest BCUT2D eigenvalue weighted by Crippen LogP contribution is -2.44. The van der Waals surface area contributed by atoms with Crippen molar-refractivity contribution in [3.05, 3.63) is 29.8 Å². The number of hydrogen-bond donors (Lipinski definition) is 0. The smallest absolute Gasteiger partial charge is 0.227 e. The van der Waals surface area contributed by atoms with E-state index in [9.17, 15) is 9.59 Å². The van der Waals surface area contributed by atoms with Crippen LogP contribution >= 0.6 is 0 Å². The average molecular weight is 374 g/mol. The van der Waals surface area contributed by atoms with E-state index in [2.05, 4.69) is 0 Å². The van der Waals surface area contributed by atoms with Crippen LogP contribution in [0.15, 0.2) is 24.3 Å². The Morgan fingerprint density at radius 3 is 2.63 bits per heavy atom. The van der Waals surface area contributed by atoms with E-state index >= 15 is 0 Å². The van der Waals surface area contributed by atoms with Crippen LogP contribution in [-0.2, 0) is 20.7 Å². The second kappa shape index (κ2) is 8.30. The Labute approximate surface area is 161 Å². The molecule has 2 heterocycles. The quantitative estimate of drug-likeness (QED) is 0.791. The third kappa shape index (κ3) is 4.10. The van der Waals surface area contributed by atoms with Crippen molar-refractivity contribution in [3.63, 3.8) is 0 Å².